The molecule has 1 aromatic carbocycles. The van der Waals surface area contributed by atoms with Crippen LogP contribution in [0.4, 0.5) is 22.4 Å². The number of amides is 2. The zero-order valence-corrected chi connectivity index (χ0v) is 17.2. The maximum absolute atomic E-state index is 14.1. The van der Waals surface area contributed by atoms with Crippen molar-refractivity contribution in [3.05, 3.63) is 35.1 Å². The average molecular weight is 442 g/mol. The van der Waals surface area contributed by atoms with E-state index in [2.05, 4.69) is 0 Å². The van der Waals surface area contributed by atoms with Gasteiger partial charge in [-0.15, -0.1) is 0 Å². The van der Waals surface area contributed by atoms with E-state index in [9.17, 15) is 27.2 Å². The van der Waals surface area contributed by atoms with Crippen LogP contribution in [0, 0.1) is 17.7 Å². The van der Waals surface area contributed by atoms with Gasteiger partial charge in [-0.2, -0.15) is 13.2 Å². The highest BCUT2D eigenvalue weighted by atomic mass is 19.4. The molecule has 31 heavy (non-hydrogen) atoms. The number of ketones is 1. The SMILES string of the molecule is O=C1CO[C@H]2CCN(C(=O)N3CCC(Cc4ccc(C(F)(F)F)cc4F)CC3)C[C@H]2C1. The highest BCUT2D eigenvalue weighted by Gasteiger charge is 2.38. The van der Waals surface area contributed by atoms with Crippen LogP contribution in [0.25, 0.3) is 0 Å². The van der Waals surface area contributed by atoms with Crippen LogP contribution >= 0.6 is 0 Å². The van der Waals surface area contributed by atoms with Crippen LogP contribution < -0.4 is 0 Å². The highest BCUT2D eigenvalue weighted by Crippen LogP contribution is 2.32. The number of alkyl halides is 3. The number of carbonyl (C=O) groups excluding carboxylic acids is 2. The van der Waals surface area contributed by atoms with Crippen LogP contribution in [0.1, 0.15) is 36.8 Å². The van der Waals surface area contributed by atoms with Gasteiger partial charge in [0.05, 0.1) is 11.7 Å². The summed E-state index contributed by atoms with van der Waals surface area (Å²) in [6.07, 6.45) is -1.62. The summed E-state index contributed by atoms with van der Waals surface area (Å²) < 4.78 is 57.9. The lowest BCUT2D eigenvalue weighted by molar-refractivity contribution is -0.140. The largest absolute Gasteiger partial charge is 0.416 e. The second-order valence-corrected chi connectivity index (χ2v) is 8.81. The van der Waals surface area contributed by atoms with Crippen molar-refractivity contribution in [1.29, 1.82) is 0 Å². The van der Waals surface area contributed by atoms with Crippen molar-refractivity contribution in [3.63, 3.8) is 0 Å². The summed E-state index contributed by atoms with van der Waals surface area (Å²) in [5.74, 6) is -0.586. The van der Waals surface area contributed by atoms with Crippen LogP contribution in [0.2, 0.25) is 0 Å². The number of likely N-dealkylation sites (tertiary alicyclic amines) is 2. The summed E-state index contributed by atoms with van der Waals surface area (Å²) in [5, 5.41) is 0. The predicted octanol–water partition coefficient (Wildman–Crippen LogP) is 3.90. The second kappa shape index (κ2) is 8.76. The zero-order chi connectivity index (χ0) is 22.2. The molecule has 0 unspecified atom stereocenters. The summed E-state index contributed by atoms with van der Waals surface area (Å²) in [7, 11) is 0. The number of hydrogen-bond acceptors (Lipinski definition) is 3. The molecule has 170 valence electrons. The van der Waals surface area contributed by atoms with Crippen LogP contribution in [0.3, 0.4) is 0 Å². The first kappa shape index (κ1) is 22.0. The van der Waals surface area contributed by atoms with E-state index in [4.69, 9.17) is 4.74 Å². The van der Waals surface area contributed by atoms with Gasteiger partial charge >= 0.3 is 12.2 Å². The molecule has 4 rings (SSSR count). The molecule has 3 aliphatic rings. The molecule has 2 atom stereocenters. The molecule has 1 aromatic rings. The van der Waals surface area contributed by atoms with Gasteiger partial charge in [-0.1, -0.05) is 6.07 Å². The Hall–Kier alpha value is -2.16. The third kappa shape index (κ3) is 5.02. The van der Waals surface area contributed by atoms with E-state index in [0.717, 1.165) is 12.5 Å². The number of fused-ring (bicyclic) bond motifs is 1. The molecule has 3 aliphatic heterocycles. The molecule has 2 amide bonds. The molecule has 0 N–H and O–H groups in total. The van der Waals surface area contributed by atoms with Crippen LogP contribution in [0.15, 0.2) is 18.2 Å². The molecule has 0 radical (unpaired) electrons. The van der Waals surface area contributed by atoms with E-state index in [1.807, 2.05) is 0 Å². The van der Waals surface area contributed by atoms with Crippen molar-refractivity contribution in [1.82, 2.24) is 9.80 Å². The molecule has 0 aliphatic carbocycles. The van der Waals surface area contributed by atoms with E-state index in [0.29, 0.717) is 57.9 Å². The van der Waals surface area contributed by atoms with Crippen molar-refractivity contribution >= 4 is 11.8 Å². The first-order valence-corrected chi connectivity index (χ1v) is 10.7. The van der Waals surface area contributed by atoms with Gasteiger partial charge in [0.15, 0.2) is 5.78 Å². The van der Waals surface area contributed by atoms with Gasteiger partial charge in [0.25, 0.3) is 0 Å². The maximum Gasteiger partial charge on any atom is 0.416 e. The fourth-order valence-corrected chi connectivity index (χ4v) is 4.88. The van der Waals surface area contributed by atoms with Gasteiger partial charge in [0.1, 0.15) is 12.4 Å². The Morgan fingerprint density at radius 1 is 1.10 bits per heavy atom. The standard InChI is InChI=1S/C22H26F4N2O3/c23-19-11-17(22(24,25)26)2-1-15(19)9-14-3-6-27(7-4-14)21(30)28-8-5-20-16(12-28)10-18(29)13-31-20/h1-2,11,14,16,20H,3-10,12-13H2/t16-,20+/m1/s1. The molecule has 0 aromatic heterocycles. The number of halogens is 4. The number of urea groups is 1. The van der Waals surface area contributed by atoms with E-state index >= 15 is 0 Å². The number of nitrogens with zero attached hydrogens (tertiary/aromatic N) is 2. The van der Waals surface area contributed by atoms with Crippen molar-refractivity contribution in [2.45, 2.75) is 44.4 Å². The maximum atomic E-state index is 14.1. The van der Waals surface area contributed by atoms with E-state index in [1.165, 1.54) is 6.07 Å². The van der Waals surface area contributed by atoms with Gasteiger partial charge in [0.2, 0.25) is 0 Å². The molecular formula is C22H26F4N2O3. The van der Waals surface area contributed by atoms with Crippen LogP contribution in [-0.4, -0.2) is 60.5 Å². The number of hydrogen-bond donors (Lipinski definition) is 0. The Morgan fingerprint density at radius 3 is 2.48 bits per heavy atom. The minimum atomic E-state index is -4.56. The normalized spacial score (nSPS) is 25.5. The molecule has 3 heterocycles. The molecule has 3 fully saturated rings. The smallest absolute Gasteiger partial charge is 0.370 e. The van der Waals surface area contributed by atoms with E-state index in [-0.39, 0.29) is 41.9 Å². The lowest BCUT2D eigenvalue weighted by Gasteiger charge is -2.43. The number of piperidine rings is 2. The third-order valence-electron chi connectivity index (χ3n) is 6.66. The monoisotopic (exact) mass is 442 g/mol. The number of benzene rings is 1. The van der Waals surface area contributed by atoms with Gasteiger partial charge in [-0.3, -0.25) is 4.79 Å². The molecule has 0 saturated carbocycles. The van der Waals surface area contributed by atoms with Gasteiger partial charge in [-0.05, 0) is 49.3 Å². The van der Waals surface area contributed by atoms with Crippen LogP contribution in [-0.2, 0) is 22.1 Å². The van der Waals surface area contributed by atoms with Gasteiger partial charge < -0.3 is 14.5 Å². The number of rotatable bonds is 2. The molecule has 5 nitrogen and oxygen atoms in total. The molecule has 0 spiro atoms. The van der Waals surface area contributed by atoms with Crippen molar-refractivity contribution in [2.24, 2.45) is 11.8 Å². The van der Waals surface area contributed by atoms with Crippen molar-refractivity contribution in [2.75, 3.05) is 32.8 Å². The second-order valence-electron chi connectivity index (χ2n) is 8.81. The Labute approximate surface area is 178 Å². The Bertz CT molecular complexity index is 837. The third-order valence-corrected chi connectivity index (χ3v) is 6.66. The lowest BCUT2D eigenvalue weighted by Crippen LogP contribution is -2.54. The van der Waals surface area contributed by atoms with Gasteiger partial charge in [-0.25, -0.2) is 9.18 Å². The van der Waals surface area contributed by atoms with Gasteiger partial charge in [0, 0.05) is 38.5 Å². The summed E-state index contributed by atoms with van der Waals surface area (Å²) in [6.45, 7) is 2.36. The first-order valence-electron chi connectivity index (χ1n) is 10.7. The molecule has 0 bridgehead atoms. The minimum Gasteiger partial charge on any atom is -0.370 e. The fraction of sp³-hybridized carbons (Fsp3) is 0.636. The van der Waals surface area contributed by atoms with Crippen LogP contribution in [0.5, 0.6) is 0 Å². The number of Topliss-reactive ketones (excluding diaryl/α,β-unsaturated/α-hetero) is 1. The lowest BCUT2D eigenvalue weighted by atomic mass is 9.88. The number of ether oxygens (including phenoxy) is 1. The Kier molecular flexibility index (Phi) is 6.23. The van der Waals surface area contributed by atoms with Crippen molar-refractivity contribution < 1.29 is 31.9 Å². The highest BCUT2D eigenvalue weighted by molar-refractivity contribution is 5.81. The summed E-state index contributed by atoms with van der Waals surface area (Å²) >= 11 is 0. The van der Waals surface area contributed by atoms with E-state index < -0.39 is 17.6 Å². The summed E-state index contributed by atoms with van der Waals surface area (Å²) in [5.41, 5.74) is -0.704. The Balaban J connectivity index is 1.29. The molecular weight excluding hydrogens is 416 g/mol. The fourth-order valence-electron chi connectivity index (χ4n) is 4.88. The summed E-state index contributed by atoms with van der Waals surface area (Å²) in [4.78, 5) is 28.1. The predicted molar refractivity (Wildman–Crippen MR) is 104 cm³/mol. The Morgan fingerprint density at radius 2 is 1.81 bits per heavy atom. The zero-order valence-electron chi connectivity index (χ0n) is 17.2. The number of carbonyl (C=O) groups is 2. The van der Waals surface area contributed by atoms with Crippen molar-refractivity contribution in [3.8, 4) is 0 Å². The topological polar surface area (TPSA) is 49.9 Å². The first-order chi connectivity index (χ1) is 14.7. The minimum absolute atomic E-state index is 0.0457. The average Bonchev–Trinajstić information content (AvgIpc) is 2.74. The molecule has 9 heteroatoms. The molecule has 3 saturated heterocycles. The quantitative estimate of drug-likeness (QED) is 0.653. The van der Waals surface area contributed by atoms with E-state index in [1.54, 1.807) is 9.80 Å². The summed E-state index contributed by atoms with van der Waals surface area (Å²) in [6, 6.07) is 2.64.